The lowest BCUT2D eigenvalue weighted by Crippen LogP contribution is -2.40. The van der Waals surface area contributed by atoms with Gasteiger partial charge in [-0.2, -0.15) is 0 Å². The smallest absolute Gasteiger partial charge is 0.240 e. The van der Waals surface area contributed by atoms with Crippen LogP contribution in [0.15, 0.2) is 27.6 Å². The molecule has 0 saturated heterocycles. The third-order valence-electron chi connectivity index (χ3n) is 3.53. The van der Waals surface area contributed by atoms with Crippen molar-refractivity contribution in [1.82, 2.24) is 4.72 Å². The zero-order valence-corrected chi connectivity index (χ0v) is 14.5. The van der Waals surface area contributed by atoms with Crippen molar-refractivity contribution in [3.8, 4) is 0 Å². The summed E-state index contributed by atoms with van der Waals surface area (Å²) in [5, 5.41) is 0. The van der Waals surface area contributed by atoms with Gasteiger partial charge in [0.15, 0.2) is 0 Å². The van der Waals surface area contributed by atoms with Crippen molar-refractivity contribution < 1.29 is 8.42 Å². The van der Waals surface area contributed by atoms with Crippen molar-refractivity contribution in [2.45, 2.75) is 49.6 Å². The Bertz CT molecular complexity index is 557. The quantitative estimate of drug-likeness (QED) is 0.843. The van der Waals surface area contributed by atoms with Crippen LogP contribution in [0.5, 0.6) is 0 Å². The topological polar surface area (TPSA) is 72.2 Å². The number of halogens is 2. The molecule has 4 nitrogen and oxygen atoms in total. The van der Waals surface area contributed by atoms with Crippen LogP contribution in [-0.2, 0) is 10.0 Å². The van der Waals surface area contributed by atoms with E-state index in [2.05, 4.69) is 20.7 Å². The summed E-state index contributed by atoms with van der Waals surface area (Å²) in [6.45, 7) is 1.88. The summed E-state index contributed by atoms with van der Waals surface area (Å²) >= 11 is 3.37. The number of benzene rings is 1. The number of hydrogen-bond acceptors (Lipinski definition) is 3. The Morgan fingerprint density at radius 2 is 1.85 bits per heavy atom. The summed E-state index contributed by atoms with van der Waals surface area (Å²) in [5.74, 6) is 0. The van der Waals surface area contributed by atoms with E-state index in [1.165, 1.54) is 0 Å². The Labute approximate surface area is 135 Å². The Hall–Kier alpha value is -0.140. The molecule has 0 amide bonds. The van der Waals surface area contributed by atoms with Crippen molar-refractivity contribution in [3.63, 3.8) is 0 Å². The molecule has 1 aliphatic rings. The van der Waals surface area contributed by atoms with Gasteiger partial charge in [-0.1, -0.05) is 15.9 Å². The van der Waals surface area contributed by atoms with E-state index in [0.29, 0.717) is 4.90 Å². The average molecular weight is 384 g/mol. The van der Waals surface area contributed by atoms with E-state index in [9.17, 15) is 8.42 Å². The summed E-state index contributed by atoms with van der Waals surface area (Å²) in [7, 11) is -3.43. The molecular weight excluding hydrogens is 364 g/mol. The molecule has 0 radical (unpaired) electrons. The summed E-state index contributed by atoms with van der Waals surface area (Å²) < 4.78 is 28.3. The van der Waals surface area contributed by atoms with Crippen LogP contribution < -0.4 is 10.5 Å². The van der Waals surface area contributed by atoms with E-state index in [-0.39, 0.29) is 24.5 Å². The van der Waals surface area contributed by atoms with Gasteiger partial charge < -0.3 is 5.73 Å². The van der Waals surface area contributed by atoms with E-state index in [1.54, 1.807) is 18.2 Å². The fourth-order valence-corrected chi connectivity index (χ4v) is 3.95. The highest BCUT2D eigenvalue weighted by Crippen LogP contribution is 2.22. The average Bonchev–Trinajstić information content (AvgIpc) is 2.35. The van der Waals surface area contributed by atoms with Gasteiger partial charge >= 0.3 is 0 Å². The second kappa shape index (κ2) is 7.22. The molecule has 1 saturated carbocycles. The highest BCUT2D eigenvalue weighted by Gasteiger charge is 2.24. The minimum absolute atomic E-state index is 0. The van der Waals surface area contributed by atoms with E-state index < -0.39 is 10.0 Å². The maximum Gasteiger partial charge on any atom is 0.240 e. The molecule has 0 spiro atoms. The molecule has 0 heterocycles. The molecule has 7 heteroatoms. The maximum absolute atomic E-state index is 12.3. The third-order valence-corrected chi connectivity index (χ3v) is 5.94. The molecule has 0 aromatic heterocycles. The lowest BCUT2D eigenvalue weighted by atomic mass is 9.93. The van der Waals surface area contributed by atoms with Gasteiger partial charge in [0.25, 0.3) is 0 Å². The molecule has 20 heavy (non-hydrogen) atoms. The number of aryl methyl sites for hydroxylation is 1. The van der Waals surface area contributed by atoms with E-state index in [0.717, 1.165) is 35.7 Å². The Morgan fingerprint density at radius 3 is 2.40 bits per heavy atom. The third kappa shape index (κ3) is 4.43. The Balaban J connectivity index is 0.00000200. The lowest BCUT2D eigenvalue weighted by Gasteiger charge is -2.26. The van der Waals surface area contributed by atoms with E-state index in [4.69, 9.17) is 5.73 Å². The van der Waals surface area contributed by atoms with Gasteiger partial charge in [0, 0.05) is 16.6 Å². The zero-order chi connectivity index (χ0) is 14.0. The lowest BCUT2D eigenvalue weighted by molar-refractivity contribution is 0.373. The fraction of sp³-hybridized carbons (Fsp3) is 0.538. The van der Waals surface area contributed by atoms with Gasteiger partial charge in [0.1, 0.15) is 0 Å². The van der Waals surface area contributed by atoms with Crippen LogP contribution >= 0.6 is 28.3 Å². The maximum atomic E-state index is 12.3. The molecule has 0 bridgehead atoms. The van der Waals surface area contributed by atoms with Crippen LogP contribution in [0.1, 0.15) is 31.2 Å². The van der Waals surface area contributed by atoms with Gasteiger partial charge in [-0.3, -0.25) is 0 Å². The molecular formula is C13H20BrClN2O2S. The molecule has 0 aliphatic heterocycles. The predicted octanol–water partition coefficient (Wildman–Crippen LogP) is 2.73. The van der Waals surface area contributed by atoms with Crippen molar-refractivity contribution in [2.24, 2.45) is 5.73 Å². The second-order valence-electron chi connectivity index (χ2n) is 5.14. The molecule has 1 aromatic rings. The monoisotopic (exact) mass is 382 g/mol. The van der Waals surface area contributed by atoms with Crippen LogP contribution in [0.3, 0.4) is 0 Å². The van der Waals surface area contributed by atoms with Gasteiger partial charge in [-0.15, -0.1) is 12.4 Å². The first-order valence-corrected chi connectivity index (χ1v) is 8.70. The Morgan fingerprint density at radius 1 is 1.25 bits per heavy atom. The summed E-state index contributed by atoms with van der Waals surface area (Å²) in [4.78, 5) is 0.322. The van der Waals surface area contributed by atoms with E-state index >= 15 is 0 Å². The number of hydrogen-bond donors (Lipinski definition) is 2. The van der Waals surface area contributed by atoms with Crippen molar-refractivity contribution in [1.29, 1.82) is 0 Å². The largest absolute Gasteiger partial charge is 0.328 e. The first kappa shape index (κ1) is 17.9. The van der Waals surface area contributed by atoms with Crippen LogP contribution in [0.2, 0.25) is 0 Å². The van der Waals surface area contributed by atoms with Gasteiger partial charge in [0.05, 0.1) is 4.90 Å². The molecule has 3 N–H and O–H groups in total. The zero-order valence-electron chi connectivity index (χ0n) is 11.3. The van der Waals surface area contributed by atoms with Crippen LogP contribution in [0, 0.1) is 6.92 Å². The molecule has 1 aromatic carbocycles. The van der Waals surface area contributed by atoms with Crippen molar-refractivity contribution in [2.75, 3.05) is 0 Å². The molecule has 114 valence electrons. The molecule has 2 rings (SSSR count). The Kier molecular flexibility index (Phi) is 6.47. The SMILES string of the molecule is Cc1cc(S(=O)(=O)NC2CCC(N)CC2)ccc1Br.Cl. The summed E-state index contributed by atoms with van der Waals surface area (Å²) in [6.07, 6.45) is 3.39. The van der Waals surface area contributed by atoms with Gasteiger partial charge in [-0.05, 0) is 56.4 Å². The number of sulfonamides is 1. The first-order chi connectivity index (χ1) is 8.88. The van der Waals surface area contributed by atoms with Crippen molar-refractivity contribution >= 4 is 38.4 Å². The number of rotatable bonds is 3. The molecule has 1 fully saturated rings. The van der Waals surface area contributed by atoms with Crippen molar-refractivity contribution in [3.05, 3.63) is 28.2 Å². The van der Waals surface area contributed by atoms with Gasteiger partial charge in [0.2, 0.25) is 10.0 Å². The first-order valence-electron chi connectivity index (χ1n) is 6.42. The summed E-state index contributed by atoms with van der Waals surface area (Å²) in [6, 6.07) is 5.29. The second-order valence-corrected chi connectivity index (χ2v) is 7.71. The number of nitrogens with two attached hydrogens (primary N) is 1. The minimum atomic E-state index is -3.43. The standard InChI is InChI=1S/C13H19BrN2O2S.ClH/c1-9-8-12(6-7-13(9)14)19(17,18)16-11-4-2-10(15)3-5-11;/h6-8,10-11,16H,2-5,15H2,1H3;1H. The minimum Gasteiger partial charge on any atom is -0.328 e. The highest BCUT2D eigenvalue weighted by atomic mass is 79.9. The summed E-state index contributed by atoms with van der Waals surface area (Å²) in [5.41, 5.74) is 6.74. The highest BCUT2D eigenvalue weighted by molar-refractivity contribution is 9.10. The molecule has 0 unspecified atom stereocenters. The fourth-order valence-electron chi connectivity index (χ4n) is 2.31. The molecule has 1 aliphatic carbocycles. The molecule has 0 atom stereocenters. The van der Waals surface area contributed by atoms with E-state index in [1.807, 2.05) is 6.92 Å². The van der Waals surface area contributed by atoms with Crippen LogP contribution in [0.4, 0.5) is 0 Å². The predicted molar refractivity (Wildman–Crippen MR) is 86.7 cm³/mol. The van der Waals surface area contributed by atoms with Crippen LogP contribution in [0.25, 0.3) is 0 Å². The van der Waals surface area contributed by atoms with Crippen LogP contribution in [-0.4, -0.2) is 20.5 Å². The normalized spacial score (nSPS) is 23.1. The number of nitrogens with one attached hydrogen (secondary N) is 1. The van der Waals surface area contributed by atoms with Gasteiger partial charge in [-0.25, -0.2) is 13.1 Å².